The summed E-state index contributed by atoms with van der Waals surface area (Å²) in [4.78, 5) is 2.60. The Balaban J connectivity index is 1.68. The number of aryl methyl sites for hydroxylation is 1. The summed E-state index contributed by atoms with van der Waals surface area (Å²) in [5.41, 5.74) is 3.15. The van der Waals surface area contributed by atoms with Crippen molar-refractivity contribution in [2.45, 2.75) is 40.0 Å². The predicted octanol–water partition coefficient (Wildman–Crippen LogP) is 3.92. The summed E-state index contributed by atoms with van der Waals surface area (Å²) in [6, 6.07) is 8.66. The molecule has 1 N–H and O–H groups in total. The van der Waals surface area contributed by atoms with E-state index in [2.05, 4.69) is 55.3 Å². The summed E-state index contributed by atoms with van der Waals surface area (Å²) in [6.45, 7) is 11.6. The van der Waals surface area contributed by atoms with Crippen molar-refractivity contribution in [2.24, 2.45) is 5.41 Å². The van der Waals surface area contributed by atoms with Gasteiger partial charge < -0.3 is 10.2 Å². The monoisotopic (exact) mass is 260 g/mol. The van der Waals surface area contributed by atoms with Gasteiger partial charge in [-0.15, -0.1) is 0 Å². The molecular formula is C17H28N2. The number of hydrogen-bond donors (Lipinski definition) is 1. The van der Waals surface area contributed by atoms with Crippen molar-refractivity contribution in [3.8, 4) is 0 Å². The second-order valence-corrected chi connectivity index (χ2v) is 6.30. The average molecular weight is 260 g/mol. The molecule has 2 nitrogen and oxygen atoms in total. The summed E-state index contributed by atoms with van der Waals surface area (Å²) < 4.78 is 0. The third-order valence-corrected chi connectivity index (χ3v) is 4.73. The minimum absolute atomic E-state index is 0.598. The van der Waals surface area contributed by atoms with E-state index in [0.29, 0.717) is 5.41 Å². The first kappa shape index (κ1) is 14.4. The molecule has 1 aromatic rings. The zero-order valence-electron chi connectivity index (χ0n) is 12.7. The van der Waals surface area contributed by atoms with Crippen LogP contribution in [-0.4, -0.2) is 31.1 Å². The lowest BCUT2D eigenvalue weighted by atomic mass is 9.78. The third kappa shape index (κ3) is 4.24. The molecule has 2 heteroatoms. The number of nitrogens with one attached hydrogen (secondary N) is 1. The fourth-order valence-electron chi connectivity index (χ4n) is 2.70. The molecular weight excluding hydrogens is 232 g/mol. The van der Waals surface area contributed by atoms with Crippen LogP contribution in [0.2, 0.25) is 0 Å². The van der Waals surface area contributed by atoms with E-state index in [1.807, 2.05) is 0 Å². The van der Waals surface area contributed by atoms with E-state index in [-0.39, 0.29) is 0 Å². The number of rotatable bonds is 5. The molecule has 0 aromatic heterocycles. The summed E-state index contributed by atoms with van der Waals surface area (Å²) in [6.07, 6.45) is 4.03. The zero-order chi connectivity index (χ0) is 13.7. The van der Waals surface area contributed by atoms with Gasteiger partial charge in [0.25, 0.3) is 0 Å². The predicted molar refractivity (Wildman–Crippen MR) is 83.7 cm³/mol. The highest BCUT2D eigenvalue weighted by Gasteiger charge is 2.27. The van der Waals surface area contributed by atoms with E-state index in [1.54, 1.807) is 0 Å². The summed E-state index contributed by atoms with van der Waals surface area (Å²) in [5.74, 6) is 0. The molecule has 0 aliphatic carbocycles. The molecule has 1 aromatic carbocycles. The van der Waals surface area contributed by atoms with Crippen molar-refractivity contribution >= 4 is 5.69 Å². The van der Waals surface area contributed by atoms with Crippen LogP contribution in [0.3, 0.4) is 0 Å². The number of nitrogens with zero attached hydrogens (tertiary/aromatic N) is 1. The Bertz CT molecular complexity index is 375. The molecule has 0 radical (unpaired) electrons. The molecule has 1 aliphatic heterocycles. The highest BCUT2D eigenvalue weighted by Crippen LogP contribution is 2.33. The Labute approximate surface area is 118 Å². The van der Waals surface area contributed by atoms with Gasteiger partial charge in [0.1, 0.15) is 0 Å². The lowest BCUT2D eigenvalue weighted by Gasteiger charge is -2.39. The molecule has 0 atom stereocenters. The average Bonchev–Trinajstić information content (AvgIpc) is 2.43. The van der Waals surface area contributed by atoms with E-state index in [1.165, 1.54) is 43.6 Å². The number of likely N-dealkylation sites (tertiary alicyclic amines) is 1. The van der Waals surface area contributed by atoms with Crippen LogP contribution in [0.5, 0.6) is 0 Å². The molecule has 19 heavy (non-hydrogen) atoms. The Morgan fingerprint density at radius 2 is 1.79 bits per heavy atom. The van der Waals surface area contributed by atoms with Crippen LogP contribution < -0.4 is 5.32 Å². The normalized spacial score (nSPS) is 19.3. The van der Waals surface area contributed by atoms with E-state index >= 15 is 0 Å². The highest BCUT2D eigenvalue weighted by molar-refractivity contribution is 5.44. The second-order valence-electron chi connectivity index (χ2n) is 6.30. The minimum atomic E-state index is 0.598. The fraction of sp³-hybridized carbons (Fsp3) is 0.647. The van der Waals surface area contributed by atoms with Gasteiger partial charge in [0.2, 0.25) is 0 Å². The number of hydrogen-bond acceptors (Lipinski definition) is 2. The third-order valence-electron chi connectivity index (χ3n) is 4.73. The van der Waals surface area contributed by atoms with Crippen LogP contribution in [-0.2, 0) is 0 Å². The minimum Gasteiger partial charge on any atom is -0.384 e. The van der Waals surface area contributed by atoms with Crippen molar-refractivity contribution in [1.29, 1.82) is 0 Å². The van der Waals surface area contributed by atoms with Gasteiger partial charge >= 0.3 is 0 Å². The summed E-state index contributed by atoms with van der Waals surface area (Å²) in [5, 5.41) is 3.51. The molecule has 1 heterocycles. The van der Waals surface area contributed by atoms with Crippen LogP contribution in [0, 0.1) is 12.3 Å². The Morgan fingerprint density at radius 3 is 2.37 bits per heavy atom. The largest absolute Gasteiger partial charge is 0.384 e. The first-order valence-corrected chi connectivity index (χ1v) is 7.64. The number of anilines is 1. The van der Waals surface area contributed by atoms with E-state index in [0.717, 1.165) is 13.1 Å². The Hall–Kier alpha value is -1.02. The van der Waals surface area contributed by atoms with Crippen LogP contribution in [0.25, 0.3) is 0 Å². The van der Waals surface area contributed by atoms with Gasteiger partial charge in [-0.3, -0.25) is 0 Å². The molecule has 2 rings (SSSR count). The first-order chi connectivity index (χ1) is 9.11. The van der Waals surface area contributed by atoms with Crippen molar-refractivity contribution in [2.75, 3.05) is 31.5 Å². The summed E-state index contributed by atoms with van der Waals surface area (Å²) in [7, 11) is 0. The molecule has 0 saturated carbocycles. The quantitative estimate of drug-likeness (QED) is 0.863. The van der Waals surface area contributed by atoms with Gasteiger partial charge in [-0.25, -0.2) is 0 Å². The zero-order valence-corrected chi connectivity index (χ0v) is 12.7. The molecule has 1 aliphatic rings. The van der Waals surface area contributed by atoms with Gasteiger partial charge in [-0.1, -0.05) is 38.0 Å². The van der Waals surface area contributed by atoms with Gasteiger partial charge in [-0.05, 0) is 50.4 Å². The van der Waals surface area contributed by atoms with Crippen molar-refractivity contribution in [3.05, 3.63) is 29.8 Å². The van der Waals surface area contributed by atoms with E-state index in [9.17, 15) is 0 Å². The maximum Gasteiger partial charge on any atom is 0.0340 e. The fourth-order valence-corrected chi connectivity index (χ4v) is 2.70. The Morgan fingerprint density at radius 1 is 1.16 bits per heavy atom. The van der Waals surface area contributed by atoms with Gasteiger partial charge in [0, 0.05) is 18.8 Å². The van der Waals surface area contributed by atoms with Crippen LogP contribution in [0.4, 0.5) is 5.69 Å². The van der Waals surface area contributed by atoms with Crippen LogP contribution in [0.15, 0.2) is 24.3 Å². The molecule has 0 spiro atoms. The van der Waals surface area contributed by atoms with Crippen LogP contribution in [0.1, 0.15) is 38.7 Å². The maximum absolute atomic E-state index is 3.51. The molecule has 0 amide bonds. The topological polar surface area (TPSA) is 15.3 Å². The molecule has 0 bridgehead atoms. The molecule has 1 saturated heterocycles. The number of piperidine rings is 1. The van der Waals surface area contributed by atoms with Crippen molar-refractivity contribution in [1.82, 2.24) is 4.90 Å². The van der Waals surface area contributed by atoms with E-state index in [4.69, 9.17) is 0 Å². The molecule has 0 unspecified atom stereocenters. The maximum atomic E-state index is 3.51. The van der Waals surface area contributed by atoms with Crippen molar-refractivity contribution in [3.63, 3.8) is 0 Å². The lowest BCUT2D eigenvalue weighted by Crippen LogP contribution is -2.40. The highest BCUT2D eigenvalue weighted by atomic mass is 15.1. The standard InChI is InChI=1S/C17H28N2/c1-4-17(3)9-12-19(13-10-17)14-11-18-16-7-5-15(2)6-8-16/h5-8,18H,4,9-14H2,1-3H3. The van der Waals surface area contributed by atoms with Gasteiger partial charge in [0.05, 0.1) is 0 Å². The molecule has 106 valence electrons. The van der Waals surface area contributed by atoms with E-state index < -0.39 is 0 Å². The van der Waals surface area contributed by atoms with Gasteiger partial charge in [0.15, 0.2) is 0 Å². The lowest BCUT2D eigenvalue weighted by molar-refractivity contribution is 0.118. The van der Waals surface area contributed by atoms with Crippen molar-refractivity contribution < 1.29 is 0 Å². The summed E-state index contributed by atoms with van der Waals surface area (Å²) >= 11 is 0. The Kier molecular flexibility index (Phi) is 4.87. The first-order valence-electron chi connectivity index (χ1n) is 7.64. The second kappa shape index (κ2) is 6.42. The van der Waals surface area contributed by atoms with Crippen LogP contribution >= 0.6 is 0 Å². The SMILES string of the molecule is CCC1(C)CCN(CCNc2ccc(C)cc2)CC1. The smallest absolute Gasteiger partial charge is 0.0340 e. The van der Waals surface area contributed by atoms with Gasteiger partial charge in [-0.2, -0.15) is 0 Å². The molecule has 1 fully saturated rings. The number of benzene rings is 1.